The highest BCUT2D eigenvalue weighted by molar-refractivity contribution is 6.36. The van der Waals surface area contributed by atoms with Crippen LogP contribution in [0.5, 0.6) is 0 Å². The van der Waals surface area contributed by atoms with Gasteiger partial charge in [0.25, 0.3) is 5.91 Å². The number of nitrogens with zero attached hydrogens (tertiary/aromatic N) is 1. The van der Waals surface area contributed by atoms with Crippen LogP contribution in [0.2, 0.25) is 10.0 Å². The van der Waals surface area contributed by atoms with Crippen molar-refractivity contribution in [3.63, 3.8) is 0 Å². The normalized spacial score (nSPS) is 15.1. The summed E-state index contributed by atoms with van der Waals surface area (Å²) in [6, 6.07) is 13.2. The lowest BCUT2D eigenvalue weighted by Crippen LogP contribution is -2.30. The van der Waals surface area contributed by atoms with Gasteiger partial charge in [0.15, 0.2) is 0 Å². The molecule has 5 heteroatoms. The topological polar surface area (TPSA) is 32.3 Å². The van der Waals surface area contributed by atoms with Crippen LogP contribution in [0.3, 0.4) is 0 Å². The zero-order valence-corrected chi connectivity index (χ0v) is 15.6. The molecule has 3 rings (SSSR count). The molecule has 0 aromatic heterocycles. The van der Waals surface area contributed by atoms with Crippen molar-refractivity contribution in [3.05, 3.63) is 69.2 Å². The third-order valence-corrected chi connectivity index (χ3v) is 5.12. The Balaban J connectivity index is 1.65. The summed E-state index contributed by atoms with van der Waals surface area (Å²) in [4.78, 5) is 14.9. The molecule has 0 spiro atoms. The SMILES string of the molecule is O=C(NCc1ccccc1CN1CCCCC1)c1ccc(Cl)cc1Cl. The van der Waals surface area contributed by atoms with Crippen LogP contribution in [0, 0.1) is 0 Å². The fraction of sp³-hybridized carbons (Fsp3) is 0.350. The van der Waals surface area contributed by atoms with Gasteiger partial charge in [-0.15, -0.1) is 0 Å². The lowest BCUT2D eigenvalue weighted by Gasteiger charge is -2.27. The van der Waals surface area contributed by atoms with Gasteiger partial charge in [-0.05, 0) is 55.3 Å². The van der Waals surface area contributed by atoms with E-state index >= 15 is 0 Å². The third kappa shape index (κ3) is 4.97. The first-order chi connectivity index (χ1) is 12.1. The van der Waals surface area contributed by atoms with E-state index in [9.17, 15) is 4.79 Å². The number of carbonyl (C=O) groups excluding carboxylic acids is 1. The second kappa shape index (κ2) is 8.70. The van der Waals surface area contributed by atoms with E-state index in [2.05, 4.69) is 28.4 Å². The number of likely N-dealkylation sites (tertiary alicyclic amines) is 1. The summed E-state index contributed by atoms with van der Waals surface area (Å²) in [6.45, 7) is 3.73. The minimum absolute atomic E-state index is 0.186. The zero-order chi connectivity index (χ0) is 17.6. The summed E-state index contributed by atoms with van der Waals surface area (Å²) in [5.41, 5.74) is 2.86. The van der Waals surface area contributed by atoms with Crippen molar-refractivity contribution in [1.82, 2.24) is 10.2 Å². The predicted molar refractivity (Wildman–Crippen MR) is 103 cm³/mol. The first kappa shape index (κ1) is 18.2. The second-order valence-electron chi connectivity index (χ2n) is 6.41. The van der Waals surface area contributed by atoms with E-state index in [4.69, 9.17) is 23.2 Å². The molecular weight excluding hydrogens is 355 g/mol. The molecule has 2 aromatic carbocycles. The monoisotopic (exact) mass is 376 g/mol. The van der Waals surface area contributed by atoms with E-state index in [1.165, 1.54) is 24.8 Å². The van der Waals surface area contributed by atoms with Crippen molar-refractivity contribution >= 4 is 29.1 Å². The Morgan fingerprint density at radius 1 is 1.00 bits per heavy atom. The Labute approximate surface area is 158 Å². The standard InChI is InChI=1S/C20H22Cl2N2O/c21-17-8-9-18(19(22)12-17)20(25)23-13-15-6-2-3-7-16(15)14-24-10-4-1-5-11-24/h2-3,6-9,12H,1,4-5,10-11,13-14H2,(H,23,25). The van der Waals surface area contributed by atoms with E-state index in [0.29, 0.717) is 22.2 Å². The lowest BCUT2D eigenvalue weighted by atomic mass is 10.0. The lowest BCUT2D eigenvalue weighted by molar-refractivity contribution is 0.0951. The van der Waals surface area contributed by atoms with Gasteiger partial charge in [-0.25, -0.2) is 0 Å². The maximum Gasteiger partial charge on any atom is 0.253 e. The van der Waals surface area contributed by atoms with Gasteiger partial charge in [0, 0.05) is 18.1 Å². The molecule has 1 aliphatic heterocycles. The average Bonchev–Trinajstić information content (AvgIpc) is 2.61. The van der Waals surface area contributed by atoms with Crippen molar-refractivity contribution in [2.24, 2.45) is 0 Å². The van der Waals surface area contributed by atoms with Crippen LogP contribution in [0.25, 0.3) is 0 Å². The molecule has 0 unspecified atom stereocenters. The van der Waals surface area contributed by atoms with Crippen molar-refractivity contribution in [1.29, 1.82) is 0 Å². The van der Waals surface area contributed by atoms with E-state index in [1.807, 2.05) is 6.07 Å². The quantitative estimate of drug-likeness (QED) is 0.803. The second-order valence-corrected chi connectivity index (χ2v) is 7.26. The average molecular weight is 377 g/mol. The highest BCUT2D eigenvalue weighted by Gasteiger charge is 2.14. The Morgan fingerprint density at radius 2 is 1.72 bits per heavy atom. The summed E-state index contributed by atoms with van der Waals surface area (Å²) >= 11 is 12.0. The molecule has 0 atom stereocenters. The number of carbonyl (C=O) groups is 1. The molecule has 0 aliphatic carbocycles. The summed E-state index contributed by atoms with van der Waals surface area (Å²) in [6.07, 6.45) is 3.87. The van der Waals surface area contributed by atoms with Gasteiger partial charge in [-0.1, -0.05) is 53.9 Å². The largest absolute Gasteiger partial charge is 0.348 e. The fourth-order valence-corrected chi connectivity index (χ4v) is 3.68. The van der Waals surface area contributed by atoms with Crippen molar-refractivity contribution in [3.8, 4) is 0 Å². The van der Waals surface area contributed by atoms with Gasteiger partial charge in [-0.2, -0.15) is 0 Å². The molecular formula is C20H22Cl2N2O. The van der Waals surface area contributed by atoms with Gasteiger partial charge >= 0.3 is 0 Å². The first-order valence-electron chi connectivity index (χ1n) is 8.66. The molecule has 0 radical (unpaired) electrons. The number of hydrogen-bond donors (Lipinski definition) is 1. The number of nitrogens with one attached hydrogen (secondary N) is 1. The summed E-state index contributed by atoms with van der Waals surface area (Å²) in [7, 11) is 0. The summed E-state index contributed by atoms with van der Waals surface area (Å²) in [5.74, 6) is -0.186. The smallest absolute Gasteiger partial charge is 0.253 e. The molecule has 1 aliphatic rings. The summed E-state index contributed by atoms with van der Waals surface area (Å²) < 4.78 is 0. The van der Waals surface area contributed by atoms with Crippen LogP contribution in [0.1, 0.15) is 40.7 Å². The molecule has 1 fully saturated rings. The third-order valence-electron chi connectivity index (χ3n) is 4.58. The van der Waals surface area contributed by atoms with Crippen molar-refractivity contribution < 1.29 is 4.79 Å². The highest BCUT2D eigenvalue weighted by atomic mass is 35.5. The van der Waals surface area contributed by atoms with Crippen LogP contribution >= 0.6 is 23.2 Å². The summed E-state index contributed by atoms with van der Waals surface area (Å²) in [5, 5.41) is 3.86. The Bertz CT molecular complexity index is 742. The molecule has 2 aromatic rings. The minimum Gasteiger partial charge on any atom is -0.348 e. The van der Waals surface area contributed by atoms with E-state index in [1.54, 1.807) is 18.2 Å². The minimum atomic E-state index is -0.186. The van der Waals surface area contributed by atoms with Gasteiger partial charge in [0.05, 0.1) is 10.6 Å². The van der Waals surface area contributed by atoms with Crippen LogP contribution in [0.15, 0.2) is 42.5 Å². The van der Waals surface area contributed by atoms with Gasteiger partial charge in [-0.3, -0.25) is 9.69 Å². The molecule has 25 heavy (non-hydrogen) atoms. The van der Waals surface area contributed by atoms with Crippen molar-refractivity contribution in [2.45, 2.75) is 32.4 Å². The van der Waals surface area contributed by atoms with Gasteiger partial charge in [0.2, 0.25) is 0 Å². The van der Waals surface area contributed by atoms with Crippen LogP contribution in [-0.4, -0.2) is 23.9 Å². The van der Waals surface area contributed by atoms with Crippen LogP contribution < -0.4 is 5.32 Å². The molecule has 3 nitrogen and oxygen atoms in total. The Kier molecular flexibility index (Phi) is 6.35. The molecule has 1 heterocycles. The number of rotatable bonds is 5. The molecule has 0 saturated carbocycles. The number of halogens is 2. The van der Waals surface area contributed by atoms with Crippen molar-refractivity contribution in [2.75, 3.05) is 13.1 Å². The highest BCUT2D eigenvalue weighted by Crippen LogP contribution is 2.21. The van der Waals surface area contributed by atoms with Gasteiger partial charge < -0.3 is 5.32 Å². The first-order valence-corrected chi connectivity index (χ1v) is 9.41. The van der Waals surface area contributed by atoms with E-state index in [0.717, 1.165) is 25.2 Å². The molecule has 1 saturated heterocycles. The fourth-order valence-electron chi connectivity index (χ4n) is 3.19. The zero-order valence-electron chi connectivity index (χ0n) is 14.1. The number of benzene rings is 2. The molecule has 0 bridgehead atoms. The van der Waals surface area contributed by atoms with Crippen LogP contribution in [-0.2, 0) is 13.1 Å². The number of hydrogen-bond acceptors (Lipinski definition) is 2. The maximum absolute atomic E-state index is 12.4. The molecule has 1 amide bonds. The maximum atomic E-state index is 12.4. The van der Waals surface area contributed by atoms with E-state index < -0.39 is 0 Å². The predicted octanol–water partition coefficient (Wildman–Crippen LogP) is 4.91. The molecule has 1 N–H and O–H groups in total. The number of amides is 1. The Morgan fingerprint density at radius 3 is 2.44 bits per heavy atom. The Hall–Kier alpha value is -1.55. The van der Waals surface area contributed by atoms with Crippen LogP contribution in [0.4, 0.5) is 0 Å². The molecule has 132 valence electrons. The number of piperidine rings is 1. The van der Waals surface area contributed by atoms with E-state index in [-0.39, 0.29) is 5.91 Å². The van der Waals surface area contributed by atoms with Gasteiger partial charge in [0.1, 0.15) is 0 Å².